The van der Waals surface area contributed by atoms with E-state index in [1.54, 1.807) is 7.11 Å². The van der Waals surface area contributed by atoms with Gasteiger partial charge in [0.2, 0.25) is 0 Å². The Bertz CT molecular complexity index is 378. The maximum Gasteiger partial charge on any atom is 0.193 e. The average molecular weight is 341 g/mol. The van der Waals surface area contributed by atoms with Crippen LogP contribution in [0, 0.1) is 11.8 Å². The van der Waals surface area contributed by atoms with Gasteiger partial charge in [-0.3, -0.25) is 4.99 Å². The molecule has 0 aromatic carbocycles. The number of methoxy groups -OCH3 is 1. The Labute approximate surface area is 147 Å². The van der Waals surface area contributed by atoms with Crippen molar-refractivity contribution in [3.05, 3.63) is 0 Å². The summed E-state index contributed by atoms with van der Waals surface area (Å²) in [6, 6.07) is 0. The largest absolute Gasteiger partial charge is 0.382 e. The molecule has 140 valence electrons. The Morgan fingerprint density at radius 1 is 1.17 bits per heavy atom. The van der Waals surface area contributed by atoms with Crippen molar-refractivity contribution in [3.63, 3.8) is 0 Å². The summed E-state index contributed by atoms with van der Waals surface area (Å²) in [6.45, 7) is 10.7. The van der Waals surface area contributed by atoms with Gasteiger partial charge in [-0.15, -0.1) is 0 Å². The molecule has 2 heterocycles. The van der Waals surface area contributed by atoms with Gasteiger partial charge in [-0.2, -0.15) is 0 Å². The molecule has 2 saturated heterocycles. The van der Waals surface area contributed by atoms with Crippen molar-refractivity contribution < 1.29 is 9.47 Å². The van der Waals surface area contributed by atoms with E-state index >= 15 is 0 Å². The number of hydrogen-bond donors (Lipinski definition) is 1. The first-order chi connectivity index (χ1) is 11.7. The lowest BCUT2D eigenvalue weighted by atomic mass is 9.99. The van der Waals surface area contributed by atoms with Crippen molar-refractivity contribution >= 4 is 5.96 Å². The Morgan fingerprint density at radius 3 is 2.79 bits per heavy atom. The highest BCUT2D eigenvalue weighted by atomic mass is 16.5. The summed E-state index contributed by atoms with van der Waals surface area (Å²) in [7, 11) is 3.93. The van der Waals surface area contributed by atoms with Crippen LogP contribution in [0.25, 0.3) is 0 Å². The number of hydrogen-bond acceptors (Lipinski definition) is 4. The summed E-state index contributed by atoms with van der Waals surface area (Å²) in [4.78, 5) is 9.78. The zero-order valence-corrected chi connectivity index (χ0v) is 15.8. The Hall–Kier alpha value is -0.850. The lowest BCUT2D eigenvalue weighted by Crippen LogP contribution is -2.41. The van der Waals surface area contributed by atoms with E-state index in [0.29, 0.717) is 25.0 Å². The lowest BCUT2D eigenvalue weighted by molar-refractivity contribution is 0.0536. The SMILES string of the molecule is CCNC(=NCC1CCCN(C)C1)N1CCC(COCCOC)C1. The predicted molar refractivity (Wildman–Crippen MR) is 98.6 cm³/mol. The van der Waals surface area contributed by atoms with E-state index in [1.165, 1.54) is 32.4 Å². The van der Waals surface area contributed by atoms with Gasteiger partial charge in [-0.1, -0.05) is 0 Å². The third-order valence-corrected chi connectivity index (χ3v) is 4.93. The molecule has 0 aliphatic carbocycles. The van der Waals surface area contributed by atoms with Crippen molar-refractivity contribution in [3.8, 4) is 0 Å². The molecule has 0 spiro atoms. The van der Waals surface area contributed by atoms with E-state index in [1.807, 2.05) is 0 Å². The van der Waals surface area contributed by atoms with Crippen LogP contribution in [0.15, 0.2) is 4.99 Å². The van der Waals surface area contributed by atoms with Gasteiger partial charge in [0, 0.05) is 45.8 Å². The topological polar surface area (TPSA) is 49.3 Å². The molecule has 6 heteroatoms. The highest BCUT2D eigenvalue weighted by Gasteiger charge is 2.25. The fraction of sp³-hybridized carbons (Fsp3) is 0.944. The molecule has 2 aliphatic rings. The highest BCUT2D eigenvalue weighted by molar-refractivity contribution is 5.80. The van der Waals surface area contributed by atoms with Gasteiger partial charge in [0.1, 0.15) is 0 Å². The lowest BCUT2D eigenvalue weighted by Gasteiger charge is -2.29. The molecule has 2 aliphatic heterocycles. The van der Waals surface area contributed by atoms with Crippen LogP contribution in [-0.2, 0) is 9.47 Å². The summed E-state index contributed by atoms with van der Waals surface area (Å²) in [6.07, 6.45) is 3.80. The molecule has 0 radical (unpaired) electrons. The fourth-order valence-corrected chi connectivity index (χ4v) is 3.62. The average Bonchev–Trinajstić information content (AvgIpc) is 3.04. The summed E-state index contributed by atoms with van der Waals surface area (Å²) in [5, 5.41) is 3.47. The minimum absolute atomic E-state index is 0.603. The van der Waals surface area contributed by atoms with Crippen LogP contribution in [-0.4, -0.2) is 89.0 Å². The van der Waals surface area contributed by atoms with Gasteiger partial charge in [0.25, 0.3) is 0 Å². The van der Waals surface area contributed by atoms with Crippen LogP contribution >= 0.6 is 0 Å². The second-order valence-corrected chi connectivity index (χ2v) is 7.13. The molecule has 0 amide bonds. The molecule has 2 atom stereocenters. The standard InChI is InChI=1S/C18H36N4O2/c1-4-19-18(20-12-16-6-5-8-21(2)13-16)22-9-7-17(14-22)15-24-11-10-23-3/h16-17H,4-15H2,1-3H3,(H,19,20). The van der Waals surface area contributed by atoms with Gasteiger partial charge in [-0.25, -0.2) is 0 Å². The van der Waals surface area contributed by atoms with Gasteiger partial charge >= 0.3 is 0 Å². The quantitative estimate of drug-likeness (QED) is 0.410. The van der Waals surface area contributed by atoms with Crippen LogP contribution in [0.1, 0.15) is 26.2 Å². The van der Waals surface area contributed by atoms with Crippen molar-refractivity contribution in [2.24, 2.45) is 16.8 Å². The summed E-state index contributed by atoms with van der Waals surface area (Å²) >= 11 is 0. The normalized spacial score (nSPS) is 26.1. The maximum atomic E-state index is 5.70. The maximum absolute atomic E-state index is 5.70. The molecular formula is C18H36N4O2. The third kappa shape index (κ3) is 6.57. The van der Waals surface area contributed by atoms with E-state index in [2.05, 4.69) is 29.1 Å². The summed E-state index contributed by atoms with van der Waals surface area (Å²) in [5.74, 6) is 2.39. The van der Waals surface area contributed by atoms with Crippen LogP contribution in [0.2, 0.25) is 0 Å². The Balaban J connectivity index is 1.78. The first-order valence-corrected chi connectivity index (χ1v) is 9.51. The molecule has 6 nitrogen and oxygen atoms in total. The van der Waals surface area contributed by atoms with E-state index in [4.69, 9.17) is 14.5 Å². The van der Waals surface area contributed by atoms with E-state index in [-0.39, 0.29) is 0 Å². The number of nitrogens with one attached hydrogen (secondary N) is 1. The first kappa shape index (κ1) is 19.5. The van der Waals surface area contributed by atoms with E-state index in [0.717, 1.165) is 38.7 Å². The number of likely N-dealkylation sites (tertiary alicyclic amines) is 2. The molecule has 0 aromatic rings. The van der Waals surface area contributed by atoms with Crippen LogP contribution in [0.3, 0.4) is 0 Å². The zero-order chi connectivity index (χ0) is 17.2. The number of aliphatic imine (C=N–C) groups is 1. The molecule has 0 bridgehead atoms. The monoisotopic (exact) mass is 340 g/mol. The Kier molecular flexibility index (Phi) is 8.84. The molecule has 2 rings (SSSR count). The minimum atomic E-state index is 0.603. The highest BCUT2D eigenvalue weighted by Crippen LogP contribution is 2.18. The van der Waals surface area contributed by atoms with Gasteiger partial charge in [0.05, 0.1) is 19.8 Å². The number of nitrogens with zero attached hydrogens (tertiary/aromatic N) is 3. The van der Waals surface area contributed by atoms with Crippen LogP contribution in [0.5, 0.6) is 0 Å². The van der Waals surface area contributed by atoms with Crippen molar-refractivity contribution in [2.45, 2.75) is 26.2 Å². The fourth-order valence-electron chi connectivity index (χ4n) is 3.62. The van der Waals surface area contributed by atoms with Crippen molar-refractivity contribution in [1.82, 2.24) is 15.1 Å². The number of rotatable bonds is 8. The van der Waals surface area contributed by atoms with Crippen molar-refractivity contribution in [1.29, 1.82) is 0 Å². The summed E-state index contributed by atoms with van der Waals surface area (Å²) < 4.78 is 10.7. The minimum Gasteiger partial charge on any atom is -0.382 e. The van der Waals surface area contributed by atoms with Gasteiger partial charge in [0.15, 0.2) is 5.96 Å². The molecule has 1 N–H and O–H groups in total. The number of piperidine rings is 1. The molecule has 24 heavy (non-hydrogen) atoms. The predicted octanol–water partition coefficient (Wildman–Crippen LogP) is 1.28. The zero-order valence-electron chi connectivity index (χ0n) is 15.8. The summed E-state index contributed by atoms with van der Waals surface area (Å²) in [5.41, 5.74) is 0. The number of ether oxygens (including phenoxy) is 2. The number of guanidine groups is 1. The molecule has 0 aromatic heterocycles. The Morgan fingerprint density at radius 2 is 2.04 bits per heavy atom. The second-order valence-electron chi connectivity index (χ2n) is 7.13. The molecule has 2 unspecified atom stereocenters. The van der Waals surface area contributed by atoms with E-state index < -0.39 is 0 Å². The van der Waals surface area contributed by atoms with Gasteiger partial charge in [-0.05, 0) is 45.7 Å². The van der Waals surface area contributed by atoms with E-state index in [9.17, 15) is 0 Å². The first-order valence-electron chi connectivity index (χ1n) is 9.51. The molecule has 0 saturated carbocycles. The second kappa shape index (κ2) is 10.9. The molecule has 2 fully saturated rings. The van der Waals surface area contributed by atoms with Crippen LogP contribution < -0.4 is 5.32 Å². The van der Waals surface area contributed by atoms with Gasteiger partial charge < -0.3 is 24.6 Å². The third-order valence-electron chi connectivity index (χ3n) is 4.93. The molecular weight excluding hydrogens is 304 g/mol. The van der Waals surface area contributed by atoms with Crippen molar-refractivity contribution in [2.75, 3.05) is 73.2 Å². The smallest absolute Gasteiger partial charge is 0.193 e. The van der Waals surface area contributed by atoms with Crippen LogP contribution in [0.4, 0.5) is 0 Å².